The molecule has 3 nitrogen and oxygen atoms in total. The number of carbonyl (C=O) groups is 1. The molecule has 0 radical (unpaired) electrons. The third kappa shape index (κ3) is 2.94. The molecule has 3 heteroatoms. The fourth-order valence-corrected chi connectivity index (χ4v) is 3.76. The molecule has 2 fully saturated rings. The van der Waals surface area contributed by atoms with Gasteiger partial charge in [0, 0.05) is 12.6 Å². The number of hydrogen-bond acceptors (Lipinski definition) is 2. The van der Waals surface area contributed by atoms with Crippen molar-refractivity contribution in [3.63, 3.8) is 0 Å². The molecule has 0 atom stereocenters. The van der Waals surface area contributed by atoms with Gasteiger partial charge in [0.1, 0.15) is 5.41 Å². The zero-order chi connectivity index (χ0) is 13.7. The maximum atomic E-state index is 12.9. The Bertz CT molecular complexity index is 344. The van der Waals surface area contributed by atoms with Gasteiger partial charge in [0.25, 0.3) is 0 Å². The molecule has 0 aliphatic heterocycles. The van der Waals surface area contributed by atoms with Gasteiger partial charge in [-0.05, 0) is 32.6 Å². The van der Waals surface area contributed by atoms with E-state index >= 15 is 0 Å². The number of nitriles is 1. The van der Waals surface area contributed by atoms with E-state index in [9.17, 15) is 10.1 Å². The zero-order valence-corrected chi connectivity index (χ0v) is 12.2. The smallest absolute Gasteiger partial charge is 0.243 e. The first-order valence-corrected chi connectivity index (χ1v) is 7.96. The highest BCUT2D eigenvalue weighted by atomic mass is 16.2. The monoisotopic (exact) mass is 262 g/mol. The lowest BCUT2D eigenvalue weighted by atomic mass is 9.80. The molecular formula is C16H26N2O. The zero-order valence-electron chi connectivity index (χ0n) is 12.2. The van der Waals surface area contributed by atoms with Crippen molar-refractivity contribution in [2.45, 2.75) is 77.2 Å². The molecule has 2 aliphatic rings. The summed E-state index contributed by atoms with van der Waals surface area (Å²) < 4.78 is 0. The Morgan fingerprint density at radius 3 is 2.21 bits per heavy atom. The van der Waals surface area contributed by atoms with Crippen molar-refractivity contribution in [2.75, 3.05) is 6.54 Å². The van der Waals surface area contributed by atoms with Crippen molar-refractivity contribution in [3.05, 3.63) is 0 Å². The van der Waals surface area contributed by atoms with Gasteiger partial charge in [-0.25, -0.2) is 0 Å². The van der Waals surface area contributed by atoms with Crippen LogP contribution in [-0.4, -0.2) is 23.4 Å². The molecule has 106 valence electrons. The Labute approximate surface area is 117 Å². The van der Waals surface area contributed by atoms with Gasteiger partial charge in [-0.15, -0.1) is 0 Å². The van der Waals surface area contributed by atoms with Crippen molar-refractivity contribution >= 4 is 5.91 Å². The van der Waals surface area contributed by atoms with Crippen LogP contribution in [-0.2, 0) is 4.79 Å². The molecule has 0 N–H and O–H groups in total. The summed E-state index contributed by atoms with van der Waals surface area (Å²) in [7, 11) is 0. The van der Waals surface area contributed by atoms with Crippen molar-refractivity contribution < 1.29 is 4.79 Å². The number of rotatable bonds is 3. The average Bonchev–Trinajstić information content (AvgIpc) is 2.84. The van der Waals surface area contributed by atoms with E-state index < -0.39 is 5.41 Å². The van der Waals surface area contributed by atoms with Gasteiger partial charge in [0.15, 0.2) is 0 Å². The van der Waals surface area contributed by atoms with Crippen LogP contribution in [0.4, 0.5) is 0 Å². The van der Waals surface area contributed by atoms with Crippen LogP contribution in [0.2, 0.25) is 0 Å². The minimum atomic E-state index is -0.713. The quantitative estimate of drug-likeness (QED) is 0.729. The van der Waals surface area contributed by atoms with Gasteiger partial charge in [-0.3, -0.25) is 4.79 Å². The van der Waals surface area contributed by atoms with Gasteiger partial charge in [-0.2, -0.15) is 5.26 Å². The number of nitrogens with zero attached hydrogens (tertiary/aromatic N) is 2. The standard InChI is InChI=1S/C16H26N2O/c1-2-18(14-9-5-6-10-14)15(19)16(13-17)11-7-3-4-8-12-16/h14H,2-12H2,1H3. The van der Waals surface area contributed by atoms with E-state index in [1.165, 1.54) is 25.7 Å². The highest BCUT2D eigenvalue weighted by Gasteiger charge is 2.43. The highest BCUT2D eigenvalue weighted by molar-refractivity contribution is 5.85. The van der Waals surface area contributed by atoms with E-state index in [-0.39, 0.29) is 5.91 Å². The van der Waals surface area contributed by atoms with Crippen molar-refractivity contribution in [1.29, 1.82) is 5.26 Å². The molecule has 1 amide bonds. The van der Waals surface area contributed by atoms with Crippen LogP contribution in [0.1, 0.15) is 71.1 Å². The Hall–Kier alpha value is -1.04. The molecule has 0 aromatic heterocycles. The third-order valence-corrected chi connectivity index (χ3v) is 4.95. The molecule has 0 aromatic rings. The molecule has 0 spiro atoms. The maximum Gasteiger partial charge on any atom is 0.243 e. The van der Waals surface area contributed by atoms with E-state index in [2.05, 4.69) is 13.0 Å². The van der Waals surface area contributed by atoms with Crippen LogP contribution >= 0.6 is 0 Å². The first-order chi connectivity index (χ1) is 9.23. The molecule has 2 saturated carbocycles. The summed E-state index contributed by atoms with van der Waals surface area (Å²) in [6.45, 7) is 2.81. The van der Waals surface area contributed by atoms with Crippen LogP contribution in [0.3, 0.4) is 0 Å². The van der Waals surface area contributed by atoms with Gasteiger partial charge >= 0.3 is 0 Å². The second-order valence-corrected chi connectivity index (χ2v) is 6.14. The number of amides is 1. The van der Waals surface area contributed by atoms with Crippen molar-refractivity contribution in [1.82, 2.24) is 4.90 Å². The molecule has 19 heavy (non-hydrogen) atoms. The summed E-state index contributed by atoms with van der Waals surface area (Å²) in [5.74, 6) is 0.131. The lowest BCUT2D eigenvalue weighted by Gasteiger charge is -2.35. The largest absolute Gasteiger partial charge is 0.339 e. The van der Waals surface area contributed by atoms with E-state index in [4.69, 9.17) is 0 Å². The molecule has 0 unspecified atom stereocenters. The van der Waals surface area contributed by atoms with Crippen LogP contribution in [0, 0.1) is 16.7 Å². The molecule has 0 aromatic carbocycles. The van der Waals surface area contributed by atoms with Gasteiger partial charge < -0.3 is 4.90 Å². The molecule has 0 saturated heterocycles. The first-order valence-electron chi connectivity index (χ1n) is 7.96. The summed E-state index contributed by atoms with van der Waals surface area (Å²) in [6, 6.07) is 2.80. The lowest BCUT2D eigenvalue weighted by molar-refractivity contribution is -0.141. The predicted octanol–water partition coefficient (Wildman–Crippen LogP) is 3.64. The summed E-state index contributed by atoms with van der Waals surface area (Å²) in [4.78, 5) is 14.9. The first kappa shape index (κ1) is 14.4. The van der Waals surface area contributed by atoms with E-state index in [0.29, 0.717) is 6.04 Å². The molecule has 2 rings (SSSR count). The topological polar surface area (TPSA) is 44.1 Å². The van der Waals surface area contributed by atoms with Crippen LogP contribution in [0.15, 0.2) is 0 Å². The Kier molecular flexibility index (Phi) is 4.85. The second kappa shape index (κ2) is 6.41. The molecule has 0 bridgehead atoms. The summed E-state index contributed by atoms with van der Waals surface area (Å²) in [5, 5.41) is 9.63. The fraction of sp³-hybridized carbons (Fsp3) is 0.875. The molecular weight excluding hydrogens is 236 g/mol. The minimum Gasteiger partial charge on any atom is -0.339 e. The Balaban J connectivity index is 2.15. The lowest BCUT2D eigenvalue weighted by Crippen LogP contribution is -2.47. The normalized spacial score (nSPS) is 23.6. The van der Waals surface area contributed by atoms with Crippen LogP contribution in [0.5, 0.6) is 0 Å². The van der Waals surface area contributed by atoms with Crippen molar-refractivity contribution in [3.8, 4) is 6.07 Å². The fourth-order valence-electron chi connectivity index (χ4n) is 3.76. The maximum absolute atomic E-state index is 12.9. The van der Waals surface area contributed by atoms with Gasteiger partial charge in [0.2, 0.25) is 5.91 Å². The van der Waals surface area contributed by atoms with Crippen LogP contribution in [0.25, 0.3) is 0 Å². The van der Waals surface area contributed by atoms with E-state index in [1.54, 1.807) is 0 Å². The van der Waals surface area contributed by atoms with E-state index in [0.717, 1.165) is 45.1 Å². The van der Waals surface area contributed by atoms with Gasteiger partial charge in [0.05, 0.1) is 6.07 Å². The van der Waals surface area contributed by atoms with Crippen LogP contribution < -0.4 is 0 Å². The Morgan fingerprint density at radius 1 is 1.16 bits per heavy atom. The van der Waals surface area contributed by atoms with Crippen molar-refractivity contribution in [2.24, 2.45) is 5.41 Å². The number of hydrogen-bond donors (Lipinski definition) is 0. The van der Waals surface area contributed by atoms with Gasteiger partial charge in [-0.1, -0.05) is 38.5 Å². The minimum absolute atomic E-state index is 0.131. The highest BCUT2D eigenvalue weighted by Crippen LogP contribution is 2.38. The third-order valence-electron chi connectivity index (χ3n) is 4.95. The number of carbonyl (C=O) groups excluding carboxylic acids is 1. The Morgan fingerprint density at radius 2 is 1.74 bits per heavy atom. The molecule has 0 heterocycles. The second-order valence-electron chi connectivity index (χ2n) is 6.14. The predicted molar refractivity (Wildman–Crippen MR) is 75.4 cm³/mol. The summed E-state index contributed by atoms with van der Waals surface area (Å²) in [5.41, 5.74) is -0.713. The average molecular weight is 262 g/mol. The summed E-state index contributed by atoms with van der Waals surface area (Å²) in [6.07, 6.45) is 10.7. The van der Waals surface area contributed by atoms with E-state index in [1.807, 2.05) is 4.90 Å². The molecule has 2 aliphatic carbocycles. The summed E-state index contributed by atoms with van der Waals surface area (Å²) >= 11 is 0. The SMILES string of the molecule is CCN(C(=O)C1(C#N)CCCCCC1)C1CCCC1.